The highest BCUT2D eigenvalue weighted by molar-refractivity contribution is 5.93. The van der Waals surface area contributed by atoms with Crippen LogP contribution in [0.5, 0.6) is 11.5 Å². The van der Waals surface area contributed by atoms with Crippen molar-refractivity contribution < 1.29 is 14.3 Å². The van der Waals surface area contributed by atoms with Crippen LogP contribution in [-0.2, 0) is 0 Å². The zero-order valence-electron chi connectivity index (χ0n) is 14.3. The molecule has 2 aromatic rings. The maximum absolute atomic E-state index is 12.6. The smallest absolute Gasteiger partial charge is 0.322 e. The molecule has 8 nitrogen and oxygen atoms in total. The maximum atomic E-state index is 12.6. The monoisotopic (exact) mass is 343 g/mol. The molecule has 25 heavy (non-hydrogen) atoms. The number of anilines is 2. The Bertz CT molecular complexity index is 695. The third-order valence-corrected chi connectivity index (χ3v) is 4.06. The number of amides is 2. The van der Waals surface area contributed by atoms with Crippen LogP contribution in [-0.4, -0.2) is 61.3 Å². The van der Waals surface area contributed by atoms with E-state index < -0.39 is 0 Å². The molecule has 0 radical (unpaired) electrons. The molecule has 1 saturated heterocycles. The highest BCUT2D eigenvalue weighted by atomic mass is 16.5. The number of nitrogens with zero attached hydrogens (tertiary/aromatic N) is 4. The summed E-state index contributed by atoms with van der Waals surface area (Å²) in [6.07, 6.45) is 3.44. The number of benzene rings is 1. The van der Waals surface area contributed by atoms with Crippen LogP contribution in [0.2, 0.25) is 0 Å². The number of hydrogen-bond acceptors (Lipinski definition) is 6. The molecular formula is C17H21N5O3. The van der Waals surface area contributed by atoms with Crippen LogP contribution >= 0.6 is 0 Å². The molecule has 1 fully saturated rings. The largest absolute Gasteiger partial charge is 0.494 e. The van der Waals surface area contributed by atoms with E-state index in [1.807, 2.05) is 6.07 Å². The molecule has 1 aliphatic rings. The third-order valence-electron chi connectivity index (χ3n) is 4.06. The first-order valence-corrected chi connectivity index (χ1v) is 8.02. The van der Waals surface area contributed by atoms with E-state index in [4.69, 9.17) is 9.47 Å². The Balaban J connectivity index is 1.64. The van der Waals surface area contributed by atoms with Gasteiger partial charge >= 0.3 is 6.03 Å². The molecule has 0 atom stereocenters. The molecule has 3 rings (SSSR count). The van der Waals surface area contributed by atoms with Crippen LogP contribution in [0.1, 0.15) is 0 Å². The number of piperazine rings is 1. The van der Waals surface area contributed by atoms with Crippen LogP contribution in [0.3, 0.4) is 0 Å². The fourth-order valence-corrected chi connectivity index (χ4v) is 2.72. The van der Waals surface area contributed by atoms with E-state index >= 15 is 0 Å². The SMILES string of the molecule is COc1cccc(OC)c1NC(=O)N1CCN(c2ncccn2)CC1. The van der Waals surface area contributed by atoms with Gasteiger partial charge in [-0.2, -0.15) is 0 Å². The van der Waals surface area contributed by atoms with E-state index in [0.717, 1.165) is 0 Å². The van der Waals surface area contributed by atoms with Crippen molar-refractivity contribution in [3.8, 4) is 11.5 Å². The van der Waals surface area contributed by atoms with E-state index in [2.05, 4.69) is 20.2 Å². The summed E-state index contributed by atoms with van der Waals surface area (Å²) in [7, 11) is 3.12. The lowest BCUT2D eigenvalue weighted by Gasteiger charge is -2.34. The Hall–Kier alpha value is -3.03. The Morgan fingerprint density at radius 3 is 2.16 bits per heavy atom. The number of methoxy groups -OCH3 is 2. The van der Waals surface area contributed by atoms with Crippen molar-refractivity contribution in [3.63, 3.8) is 0 Å². The van der Waals surface area contributed by atoms with Gasteiger partial charge in [0.05, 0.1) is 14.2 Å². The molecule has 2 amide bonds. The first-order chi connectivity index (χ1) is 12.2. The fraction of sp³-hybridized carbons (Fsp3) is 0.353. The summed E-state index contributed by atoms with van der Waals surface area (Å²) >= 11 is 0. The molecule has 0 aliphatic carbocycles. The lowest BCUT2D eigenvalue weighted by Crippen LogP contribution is -2.50. The molecule has 0 bridgehead atoms. The minimum Gasteiger partial charge on any atom is -0.494 e. The number of rotatable bonds is 4. The molecule has 132 valence electrons. The summed E-state index contributed by atoms with van der Waals surface area (Å²) < 4.78 is 10.6. The van der Waals surface area contributed by atoms with Crippen LogP contribution in [0, 0.1) is 0 Å². The predicted octanol–water partition coefficient (Wildman–Crippen LogP) is 1.85. The summed E-state index contributed by atoms with van der Waals surface area (Å²) in [6.45, 7) is 2.53. The Kier molecular flexibility index (Phi) is 5.17. The lowest BCUT2D eigenvalue weighted by atomic mass is 10.2. The van der Waals surface area contributed by atoms with Crippen molar-refractivity contribution in [2.45, 2.75) is 0 Å². The topological polar surface area (TPSA) is 79.8 Å². The summed E-state index contributed by atoms with van der Waals surface area (Å²) in [5.41, 5.74) is 0.534. The summed E-state index contributed by atoms with van der Waals surface area (Å²) in [4.78, 5) is 24.9. The molecular weight excluding hydrogens is 322 g/mol. The summed E-state index contributed by atoms with van der Waals surface area (Å²) in [5, 5.41) is 2.89. The zero-order valence-corrected chi connectivity index (χ0v) is 14.3. The van der Waals surface area contributed by atoms with E-state index in [9.17, 15) is 4.79 Å². The molecule has 1 aromatic heterocycles. The highest BCUT2D eigenvalue weighted by Gasteiger charge is 2.24. The molecule has 0 unspecified atom stereocenters. The van der Waals surface area contributed by atoms with Gasteiger partial charge in [0.1, 0.15) is 17.2 Å². The second-order valence-corrected chi connectivity index (χ2v) is 5.49. The number of urea groups is 1. The van der Waals surface area contributed by atoms with E-state index in [0.29, 0.717) is 49.3 Å². The minimum atomic E-state index is -0.184. The van der Waals surface area contributed by atoms with Gasteiger partial charge in [0, 0.05) is 38.6 Å². The van der Waals surface area contributed by atoms with Gasteiger partial charge in [0.2, 0.25) is 5.95 Å². The van der Waals surface area contributed by atoms with Gasteiger partial charge in [0.15, 0.2) is 0 Å². The van der Waals surface area contributed by atoms with Gasteiger partial charge in [-0.25, -0.2) is 14.8 Å². The average Bonchev–Trinajstić information content (AvgIpc) is 2.69. The molecule has 0 saturated carbocycles. The Morgan fingerprint density at radius 1 is 1.00 bits per heavy atom. The molecule has 1 aliphatic heterocycles. The second-order valence-electron chi connectivity index (χ2n) is 5.49. The lowest BCUT2D eigenvalue weighted by molar-refractivity contribution is 0.207. The molecule has 2 heterocycles. The normalized spacial score (nSPS) is 14.2. The molecule has 8 heteroatoms. The summed E-state index contributed by atoms with van der Waals surface area (Å²) in [6, 6.07) is 6.97. The number of para-hydroxylation sites is 1. The van der Waals surface area contributed by atoms with Gasteiger partial charge < -0.3 is 24.6 Å². The fourth-order valence-electron chi connectivity index (χ4n) is 2.72. The first kappa shape index (κ1) is 16.8. The number of aromatic nitrogens is 2. The highest BCUT2D eigenvalue weighted by Crippen LogP contribution is 2.34. The van der Waals surface area contributed by atoms with Crippen molar-refractivity contribution in [3.05, 3.63) is 36.7 Å². The number of hydrogen-bond donors (Lipinski definition) is 1. The average molecular weight is 343 g/mol. The van der Waals surface area contributed by atoms with E-state index in [1.54, 1.807) is 49.7 Å². The Labute approximate surface area is 146 Å². The number of ether oxygens (including phenoxy) is 2. The third kappa shape index (κ3) is 3.73. The number of nitrogens with one attached hydrogen (secondary N) is 1. The van der Waals surface area contributed by atoms with Crippen molar-refractivity contribution >= 4 is 17.7 Å². The second kappa shape index (κ2) is 7.69. The van der Waals surface area contributed by atoms with Crippen LogP contribution in [0.25, 0.3) is 0 Å². The molecule has 1 aromatic carbocycles. The van der Waals surface area contributed by atoms with Gasteiger partial charge in [-0.3, -0.25) is 0 Å². The van der Waals surface area contributed by atoms with Crippen LogP contribution in [0.4, 0.5) is 16.4 Å². The van der Waals surface area contributed by atoms with E-state index in [1.165, 1.54) is 0 Å². The van der Waals surface area contributed by atoms with Crippen molar-refractivity contribution in [1.29, 1.82) is 0 Å². The quantitative estimate of drug-likeness (QED) is 0.913. The number of carbonyl (C=O) groups excluding carboxylic acids is 1. The maximum Gasteiger partial charge on any atom is 0.322 e. The van der Waals surface area contributed by atoms with Crippen LogP contribution in [0.15, 0.2) is 36.7 Å². The summed E-state index contributed by atoms with van der Waals surface area (Å²) in [5.74, 6) is 1.81. The van der Waals surface area contributed by atoms with Crippen molar-refractivity contribution in [2.24, 2.45) is 0 Å². The Morgan fingerprint density at radius 2 is 1.60 bits per heavy atom. The van der Waals surface area contributed by atoms with Gasteiger partial charge in [-0.1, -0.05) is 6.07 Å². The van der Waals surface area contributed by atoms with E-state index in [-0.39, 0.29) is 6.03 Å². The minimum absolute atomic E-state index is 0.184. The standard InChI is InChI=1S/C17H21N5O3/c1-24-13-5-3-6-14(25-2)15(13)20-17(23)22-11-9-21(10-12-22)16-18-7-4-8-19-16/h3-8H,9-12H2,1-2H3,(H,20,23). The first-order valence-electron chi connectivity index (χ1n) is 8.02. The zero-order chi connectivity index (χ0) is 17.6. The van der Waals surface area contributed by atoms with Gasteiger partial charge in [0.25, 0.3) is 0 Å². The van der Waals surface area contributed by atoms with Crippen molar-refractivity contribution in [1.82, 2.24) is 14.9 Å². The van der Waals surface area contributed by atoms with Gasteiger partial charge in [-0.05, 0) is 18.2 Å². The molecule has 0 spiro atoms. The van der Waals surface area contributed by atoms with Crippen molar-refractivity contribution in [2.75, 3.05) is 50.6 Å². The number of carbonyl (C=O) groups is 1. The predicted molar refractivity (Wildman–Crippen MR) is 94.4 cm³/mol. The van der Waals surface area contributed by atoms with Gasteiger partial charge in [-0.15, -0.1) is 0 Å². The van der Waals surface area contributed by atoms with Crippen LogP contribution < -0.4 is 19.7 Å². The molecule has 1 N–H and O–H groups in total.